The summed E-state index contributed by atoms with van der Waals surface area (Å²) < 4.78 is 23.4. The lowest BCUT2D eigenvalue weighted by molar-refractivity contribution is -0.870. The Kier molecular flexibility index (Phi) is 57.8. The van der Waals surface area contributed by atoms with Crippen LogP contribution in [0.4, 0.5) is 0 Å². The number of allylic oxidation sites excluding steroid dienone is 3. The minimum Gasteiger partial charge on any atom is -0.756 e. The molecule has 0 fully saturated rings. The highest BCUT2D eigenvalue weighted by atomic mass is 31.2. The van der Waals surface area contributed by atoms with Crippen molar-refractivity contribution in [2.45, 2.75) is 360 Å². The minimum atomic E-state index is -4.60. The molecule has 0 bridgehead atoms. The van der Waals surface area contributed by atoms with Gasteiger partial charge >= 0.3 is 0 Å². The molecule has 0 aromatic rings. The lowest BCUT2D eigenvalue weighted by Crippen LogP contribution is -2.45. The van der Waals surface area contributed by atoms with Crippen molar-refractivity contribution in [2.75, 3.05) is 40.9 Å². The lowest BCUT2D eigenvalue weighted by atomic mass is 10.0. The van der Waals surface area contributed by atoms with E-state index in [9.17, 15) is 19.4 Å². The maximum Gasteiger partial charge on any atom is 0.268 e. The number of quaternary nitrogens is 1. The van der Waals surface area contributed by atoms with Gasteiger partial charge in [-0.15, -0.1) is 0 Å². The molecule has 0 aliphatic heterocycles. The van der Waals surface area contributed by atoms with Gasteiger partial charge in [0.2, 0.25) is 5.91 Å². The van der Waals surface area contributed by atoms with Gasteiger partial charge in [0.25, 0.3) is 7.82 Å². The number of unbranched alkanes of at least 4 members (excludes halogenated alkanes) is 48. The van der Waals surface area contributed by atoms with E-state index in [4.69, 9.17) is 9.05 Å². The monoisotopic (exact) mass is 1090 g/mol. The fraction of sp³-hybridized carbons (Fsp3) is 0.925. The molecule has 0 rings (SSSR count). The van der Waals surface area contributed by atoms with E-state index in [1.807, 2.05) is 27.2 Å². The van der Waals surface area contributed by atoms with Crippen molar-refractivity contribution in [2.24, 2.45) is 0 Å². The summed E-state index contributed by atoms with van der Waals surface area (Å²) in [5.74, 6) is -0.200. The van der Waals surface area contributed by atoms with Crippen LogP contribution in [0.2, 0.25) is 0 Å². The first-order chi connectivity index (χ1) is 37.0. The van der Waals surface area contributed by atoms with Crippen molar-refractivity contribution in [3.05, 3.63) is 24.3 Å². The summed E-state index contributed by atoms with van der Waals surface area (Å²) >= 11 is 0. The zero-order valence-electron chi connectivity index (χ0n) is 51.7. The third-order valence-electron chi connectivity index (χ3n) is 15.7. The van der Waals surface area contributed by atoms with Gasteiger partial charge < -0.3 is 28.8 Å². The van der Waals surface area contributed by atoms with Crippen LogP contribution >= 0.6 is 7.82 Å². The van der Waals surface area contributed by atoms with Gasteiger partial charge in [-0.2, -0.15) is 0 Å². The molecule has 0 radical (unpaired) electrons. The number of nitrogens with zero attached hydrogens (tertiary/aromatic N) is 1. The zero-order valence-corrected chi connectivity index (χ0v) is 52.6. The van der Waals surface area contributed by atoms with E-state index in [1.54, 1.807) is 6.08 Å². The average molecular weight is 1090 g/mol. The van der Waals surface area contributed by atoms with E-state index in [0.29, 0.717) is 17.4 Å². The van der Waals surface area contributed by atoms with E-state index >= 15 is 0 Å². The molecule has 8 nitrogen and oxygen atoms in total. The van der Waals surface area contributed by atoms with Gasteiger partial charge in [-0.05, 0) is 32.1 Å². The summed E-state index contributed by atoms with van der Waals surface area (Å²) in [5.41, 5.74) is 0. The van der Waals surface area contributed by atoms with Crippen LogP contribution < -0.4 is 10.2 Å². The van der Waals surface area contributed by atoms with Crippen LogP contribution in [-0.2, 0) is 18.4 Å². The zero-order chi connectivity index (χ0) is 55.6. The molecule has 9 heteroatoms. The van der Waals surface area contributed by atoms with E-state index in [0.717, 1.165) is 38.5 Å². The van der Waals surface area contributed by atoms with Crippen LogP contribution in [-0.4, -0.2) is 68.5 Å². The van der Waals surface area contributed by atoms with E-state index in [1.165, 1.54) is 289 Å². The number of amides is 1. The van der Waals surface area contributed by atoms with Crippen LogP contribution in [0, 0.1) is 0 Å². The van der Waals surface area contributed by atoms with Gasteiger partial charge in [-0.1, -0.05) is 334 Å². The van der Waals surface area contributed by atoms with Crippen molar-refractivity contribution in [1.82, 2.24) is 5.32 Å². The molecule has 0 aliphatic carbocycles. The Balaban J connectivity index is 3.90. The van der Waals surface area contributed by atoms with E-state index in [2.05, 4.69) is 31.3 Å². The summed E-state index contributed by atoms with van der Waals surface area (Å²) in [6.07, 6.45) is 76.0. The fourth-order valence-corrected chi connectivity index (χ4v) is 11.1. The Hall–Kier alpha value is -1.02. The number of hydrogen-bond donors (Lipinski definition) is 2. The van der Waals surface area contributed by atoms with Gasteiger partial charge in [-0.3, -0.25) is 9.36 Å². The number of hydrogen-bond acceptors (Lipinski definition) is 6. The highest BCUT2D eigenvalue weighted by Gasteiger charge is 2.23. The SMILES string of the molecule is CCCCCCCCCCCC/C=C/CC/C=C/C(O)C(COP(=O)([O-])OCC[N+](C)(C)C)NC(=O)CCCCCCCCCCCCCCCCCCCCCCCCCCCCCCCCCCCCCCCC. The molecule has 0 saturated heterocycles. The van der Waals surface area contributed by atoms with Crippen molar-refractivity contribution in [1.29, 1.82) is 0 Å². The number of aliphatic hydroxyl groups excluding tert-OH is 1. The second-order valence-electron chi connectivity index (χ2n) is 24.5. The molecule has 3 unspecified atom stereocenters. The van der Waals surface area contributed by atoms with Gasteiger partial charge in [0.1, 0.15) is 13.2 Å². The topological polar surface area (TPSA) is 108 Å². The van der Waals surface area contributed by atoms with Crippen molar-refractivity contribution in [3.63, 3.8) is 0 Å². The first-order valence-corrected chi connectivity index (χ1v) is 35.2. The number of likely N-dealkylation sites (N-methyl/N-ethyl adjacent to an activating group) is 1. The standard InChI is InChI=1S/C67H133N2O6P/c1-6-8-10-12-14-16-18-20-22-24-25-26-27-28-29-30-31-32-33-34-35-36-37-38-39-40-41-42-43-44-45-47-49-51-53-55-57-59-61-67(71)68-65(64-75-76(72,73)74-63-62-69(3,4)5)66(70)60-58-56-54-52-50-48-46-23-21-19-17-15-13-11-9-7-2/h50,52,58,60,65-66,70H,6-49,51,53-57,59,61-64H2,1-5H3,(H-,68,71,72,73)/b52-50+,60-58+. The number of phosphoric ester groups is 1. The quantitative estimate of drug-likeness (QED) is 0.0272. The Labute approximate surface area is 474 Å². The number of phosphoric acid groups is 1. The molecule has 0 spiro atoms. The summed E-state index contributed by atoms with van der Waals surface area (Å²) in [6, 6.07) is -0.900. The third kappa shape index (κ3) is 60.6. The van der Waals surface area contributed by atoms with Gasteiger partial charge in [-0.25, -0.2) is 0 Å². The second-order valence-corrected chi connectivity index (χ2v) is 25.9. The molecular formula is C67H133N2O6P. The molecule has 3 atom stereocenters. The van der Waals surface area contributed by atoms with Crippen LogP contribution in [0.1, 0.15) is 348 Å². The summed E-state index contributed by atoms with van der Waals surface area (Å²) in [7, 11) is 1.26. The second kappa shape index (κ2) is 58.6. The smallest absolute Gasteiger partial charge is 0.268 e. The molecule has 0 saturated carbocycles. The summed E-state index contributed by atoms with van der Waals surface area (Å²) in [6.45, 7) is 4.67. The van der Waals surface area contributed by atoms with Crippen LogP contribution in [0.25, 0.3) is 0 Å². The van der Waals surface area contributed by atoms with E-state index in [-0.39, 0.29) is 19.1 Å². The van der Waals surface area contributed by atoms with Crippen LogP contribution in [0.3, 0.4) is 0 Å². The lowest BCUT2D eigenvalue weighted by Gasteiger charge is -2.29. The minimum absolute atomic E-state index is 0.00372. The Morgan fingerprint density at radius 3 is 1.07 bits per heavy atom. The predicted molar refractivity (Wildman–Crippen MR) is 330 cm³/mol. The van der Waals surface area contributed by atoms with Crippen LogP contribution in [0.15, 0.2) is 24.3 Å². The van der Waals surface area contributed by atoms with Crippen molar-refractivity contribution >= 4 is 13.7 Å². The first-order valence-electron chi connectivity index (χ1n) is 33.7. The Bertz CT molecular complexity index is 1290. The molecule has 452 valence electrons. The van der Waals surface area contributed by atoms with E-state index < -0.39 is 20.0 Å². The Morgan fingerprint density at radius 1 is 0.447 bits per heavy atom. The summed E-state index contributed by atoms with van der Waals surface area (Å²) in [4.78, 5) is 25.5. The number of carbonyl (C=O) groups is 1. The number of rotatable bonds is 63. The van der Waals surface area contributed by atoms with Crippen molar-refractivity contribution < 1.29 is 32.9 Å². The Morgan fingerprint density at radius 2 is 0.737 bits per heavy atom. The molecule has 0 aliphatic rings. The predicted octanol–water partition coefficient (Wildman–Crippen LogP) is 20.5. The maximum atomic E-state index is 13.0. The summed E-state index contributed by atoms with van der Waals surface area (Å²) in [5, 5.41) is 13.9. The molecule has 0 heterocycles. The maximum absolute atomic E-state index is 13.0. The molecule has 76 heavy (non-hydrogen) atoms. The normalized spacial score (nSPS) is 13.8. The molecule has 1 amide bonds. The highest BCUT2D eigenvalue weighted by molar-refractivity contribution is 7.45. The molecule has 0 aromatic carbocycles. The molecular weight excluding hydrogens is 960 g/mol. The van der Waals surface area contributed by atoms with Crippen molar-refractivity contribution in [3.8, 4) is 0 Å². The highest BCUT2D eigenvalue weighted by Crippen LogP contribution is 2.38. The third-order valence-corrected chi connectivity index (χ3v) is 16.6. The first kappa shape index (κ1) is 75.0. The fourth-order valence-electron chi connectivity index (χ4n) is 10.4. The molecule has 0 aromatic heterocycles. The van der Waals surface area contributed by atoms with Gasteiger partial charge in [0.15, 0.2) is 0 Å². The molecule has 2 N–H and O–H groups in total. The number of aliphatic hydroxyl groups is 1. The van der Waals surface area contributed by atoms with Crippen LogP contribution in [0.5, 0.6) is 0 Å². The largest absolute Gasteiger partial charge is 0.756 e. The number of nitrogens with one attached hydrogen (secondary N) is 1. The van der Waals surface area contributed by atoms with Gasteiger partial charge in [0.05, 0.1) is 39.9 Å². The average Bonchev–Trinajstić information content (AvgIpc) is 3.38. The van der Waals surface area contributed by atoms with Gasteiger partial charge in [0, 0.05) is 6.42 Å². The number of carbonyl (C=O) groups excluding carboxylic acids is 1.